The summed E-state index contributed by atoms with van der Waals surface area (Å²) < 4.78 is 38.0. The second-order valence-corrected chi connectivity index (χ2v) is 5.73. The highest BCUT2D eigenvalue weighted by molar-refractivity contribution is 9.09. The molecule has 1 atom stereocenters. The summed E-state index contributed by atoms with van der Waals surface area (Å²) in [5, 5.41) is 0. The molecule has 0 bridgehead atoms. The predicted molar refractivity (Wildman–Crippen MR) is 75.8 cm³/mol. The smallest absolute Gasteiger partial charge is 0.261 e. The summed E-state index contributed by atoms with van der Waals surface area (Å²) in [5.74, 6) is 0. The Balaban J connectivity index is 2.17. The Morgan fingerprint density at radius 3 is 2.55 bits per heavy atom. The zero-order chi connectivity index (χ0) is 14.8. The molecule has 1 aromatic heterocycles. The van der Waals surface area contributed by atoms with Crippen LogP contribution in [0.3, 0.4) is 0 Å². The topological polar surface area (TPSA) is 12.9 Å². The molecule has 20 heavy (non-hydrogen) atoms. The molecule has 2 rings (SSSR count). The lowest BCUT2D eigenvalue weighted by molar-refractivity contribution is -0.137. The molecule has 0 aliphatic heterocycles. The van der Waals surface area contributed by atoms with E-state index in [2.05, 4.69) is 20.9 Å². The van der Waals surface area contributed by atoms with Crippen molar-refractivity contribution in [3.63, 3.8) is 0 Å². The van der Waals surface area contributed by atoms with Crippen LogP contribution in [0, 0.1) is 6.92 Å². The molecule has 2 aromatic rings. The average molecular weight is 344 g/mol. The lowest BCUT2D eigenvalue weighted by Gasteiger charge is -2.13. The molecule has 1 unspecified atom stereocenters. The fourth-order valence-corrected chi connectivity index (χ4v) is 2.45. The predicted octanol–water partition coefficient (Wildman–Crippen LogP) is 5.09. The van der Waals surface area contributed by atoms with Crippen LogP contribution in [0.1, 0.15) is 27.2 Å². The number of hydrogen-bond donors (Lipinski definition) is 0. The van der Waals surface area contributed by atoms with Crippen LogP contribution in [-0.4, -0.2) is 4.98 Å². The Bertz CT molecular complexity index is 578. The summed E-state index contributed by atoms with van der Waals surface area (Å²) in [7, 11) is 0. The molecule has 0 saturated carbocycles. The van der Waals surface area contributed by atoms with Gasteiger partial charge in [0.05, 0.1) is 5.56 Å². The molecular formula is C15H13BrF3N. The molecule has 0 aliphatic rings. The van der Waals surface area contributed by atoms with E-state index in [0.29, 0.717) is 12.0 Å². The van der Waals surface area contributed by atoms with E-state index in [0.717, 1.165) is 17.3 Å². The lowest BCUT2D eigenvalue weighted by Crippen LogP contribution is -2.06. The molecule has 0 aliphatic carbocycles. The third kappa shape index (κ3) is 3.82. The van der Waals surface area contributed by atoms with E-state index < -0.39 is 11.7 Å². The molecule has 1 heterocycles. The minimum absolute atomic E-state index is 0.194. The fraction of sp³-hybridized carbons (Fsp3) is 0.267. The fourth-order valence-electron chi connectivity index (χ4n) is 1.83. The van der Waals surface area contributed by atoms with Crippen molar-refractivity contribution in [3.8, 4) is 0 Å². The second kappa shape index (κ2) is 5.95. The standard InChI is InChI=1S/C15H13BrF3N/c1-10-5-6-13(20-9-10)8-14(16)11-3-2-4-12(7-11)15(17,18)19/h2-7,9,14H,8H2,1H3. The quantitative estimate of drug-likeness (QED) is 0.707. The highest BCUT2D eigenvalue weighted by Gasteiger charge is 2.30. The van der Waals surface area contributed by atoms with Crippen molar-refractivity contribution in [1.29, 1.82) is 0 Å². The maximum atomic E-state index is 12.7. The molecule has 1 aromatic carbocycles. The summed E-state index contributed by atoms with van der Waals surface area (Å²) >= 11 is 3.43. The number of rotatable bonds is 3. The molecule has 106 valence electrons. The van der Waals surface area contributed by atoms with Gasteiger partial charge in [0.25, 0.3) is 0 Å². The number of aryl methyl sites for hydroxylation is 1. The van der Waals surface area contributed by atoms with Gasteiger partial charge >= 0.3 is 6.18 Å². The number of nitrogens with zero attached hydrogens (tertiary/aromatic N) is 1. The van der Waals surface area contributed by atoms with Gasteiger partial charge < -0.3 is 0 Å². The first-order valence-electron chi connectivity index (χ1n) is 6.09. The first kappa shape index (κ1) is 15.0. The Morgan fingerprint density at radius 2 is 1.95 bits per heavy atom. The Labute approximate surface area is 124 Å². The molecule has 0 radical (unpaired) electrons. The minimum atomic E-state index is -4.31. The van der Waals surface area contributed by atoms with Crippen LogP contribution in [0.2, 0.25) is 0 Å². The monoisotopic (exact) mass is 343 g/mol. The lowest BCUT2D eigenvalue weighted by atomic mass is 10.0. The van der Waals surface area contributed by atoms with Gasteiger partial charge in [0.15, 0.2) is 0 Å². The van der Waals surface area contributed by atoms with E-state index in [-0.39, 0.29) is 4.83 Å². The average Bonchev–Trinajstić information content (AvgIpc) is 2.40. The van der Waals surface area contributed by atoms with Crippen molar-refractivity contribution in [2.45, 2.75) is 24.3 Å². The number of aromatic nitrogens is 1. The van der Waals surface area contributed by atoms with Crippen LogP contribution in [0.4, 0.5) is 13.2 Å². The summed E-state index contributed by atoms with van der Waals surface area (Å²) in [6, 6.07) is 9.18. The third-order valence-corrected chi connectivity index (χ3v) is 3.79. The molecular weight excluding hydrogens is 331 g/mol. The van der Waals surface area contributed by atoms with Crippen molar-refractivity contribution in [3.05, 3.63) is 65.0 Å². The molecule has 1 nitrogen and oxygen atoms in total. The Hall–Kier alpha value is -1.36. The highest BCUT2D eigenvalue weighted by atomic mass is 79.9. The number of halogens is 4. The van der Waals surface area contributed by atoms with Gasteiger partial charge in [-0.1, -0.05) is 40.2 Å². The Morgan fingerprint density at radius 1 is 1.20 bits per heavy atom. The largest absolute Gasteiger partial charge is 0.416 e. The van der Waals surface area contributed by atoms with Gasteiger partial charge in [0, 0.05) is 23.1 Å². The van der Waals surface area contributed by atoms with Crippen LogP contribution in [0.15, 0.2) is 42.6 Å². The van der Waals surface area contributed by atoms with E-state index in [1.807, 2.05) is 19.1 Å². The van der Waals surface area contributed by atoms with E-state index in [1.54, 1.807) is 12.3 Å². The first-order valence-corrected chi connectivity index (χ1v) is 7.00. The van der Waals surface area contributed by atoms with Crippen molar-refractivity contribution in [2.75, 3.05) is 0 Å². The van der Waals surface area contributed by atoms with Gasteiger partial charge in [-0.3, -0.25) is 4.98 Å². The van der Waals surface area contributed by atoms with Crippen molar-refractivity contribution in [1.82, 2.24) is 4.98 Å². The maximum Gasteiger partial charge on any atom is 0.416 e. The van der Waals surface area contributed by atoms with Crippen molar-refractivity contribution >= 4 is 15.9 Å². The number of alkyl halides is 4. The summed E-state index contributed by atoms with van der Waals surface area (Å²) in [6.07, 6.45) is -2.02. The minimum Gasteiger partial charge on any atom is -0.261 e. The van der Waals surface area contributed by atoms with Crippen LogP contribution in [0.5, 0.6) is 0 Å². The van der Waals surface area contributed by atoms with Gasteiger partial charge in [-0.25, -0.2) is 0 Å². The Kier molecular flexibility index (Phi) is 4.48. The normalized spacial score (nSPS) is 13.2. The second-order valence-electron chi connectivity index (χ2n) is 4.62. The summed E-state index contributed by atoms with van der Waals surface area (Å²) in [5.41, 5.74) is 1.87. The molecule has 0 N–H and O–H groups in total. The number of benzene rings is 1. The van der Waals surface area contributed by atoms with Crippen LogP contribution >= 0.6 is 15.9 Å². The van der Waals surface area contributed by atoms with Crippen molar-refractivity contribution < 1.29 is 13.2 Å². The molecule has 0 amide bonds. The van der Waals surface area contributed by atoms with Gasteiger partial charge in [-0.05, 0) is 30.2 Å². The molecule has 0 saturated heterocycles. The zero-order valence-electron chi connectivity index (χ0n) is 10.8. The van der Waals surface area contributed by atoms with Gasteiger partial charge in [-0.15, -0.1) is 0 Å². The maximum absolute atomic E-state index is 12.7. The van der Waals surface area contributed by atoms with E-state index >= 15 is 0 Å². The van der Waals surface area contributed by atoms with Gasteiger partial charge in [0.1, 0.15) is 0 Å². The van der Waals surface area contributed by atoms with Crippen LogP contribution < -0.4 is 0 Å². The number of hydrogen-bond acceptors (Lipinski definition) is 1. The SMILES string of the molecule is Cc1ccc(CC(Br)c2cccc(C(F)(F)F)c2)nc1. The number of pyridine rings is 1. The molecule has 0 fully saturated rings. The van der Waals surface area contributed by atoms with Crippen LogP contribution in [-0.2, 0) is 12.6 Å². The van der Waals surface area contributed by atoms with E-state index in [4.69, 9.17) is 0 Å². The van der Waals surface area contributed by atoms with Gasteiger partial charge in [0.2, 0.25) is 0 Å². The van der Waals surface area contributed by atoms with Crippen molar-refractivity contribution in [2.24, 2.45) is 0 Å². The highest BCUT2D eigenvalue weighted by Crippen LogP contribution is 2.33. The molecule has 5 heteroatoms. The summed E-state index contributed by atoms with van der Waals surface area (Å²) in [6.45, 7) is 1.94. The van der Waals surface area contributed by atoms with Gasteiger partial charge in [-0.2, -0.15) is 13.2 Å². The molecule has 0 spiro atoms. The first-order chi connectivity index (χ1) is 9.36. The van der Waals surface area contributed by atoms with E-state index in [9.17, 15) is 13.2 Å². The van der Waals surface area contributed by atoms with E-state index in [1.165, 1.54) is 12.1 Å². The zero-order valence-corrected chi connectivity index (χ0v) is 12.4. The summed E-state index contributed by atoms with van der Waals surface area (Å²) in [4.78, 5) is 4.07. The van der Waals surface area contributed by atoms with Crippen LogP contribution in [0.25, 0.3) is 0 Å². The third-order valence-electron chi connectivity index (χ3n) is 2.94.